The molecule has 4 rings (SSSR count). The number of para-hydroxylation sites is 1. The van der Waals surface area contributed by atoms with E-state index in [4.69, 9.17) is 9.47 Å². The Kier molecular flexibility index (Phi) is 13.5. The number of aromatic carboxylic acids is 2. The van der Waals surface area contributed by atoms with Crippen molar-refractivity contribution < 1.29 is 63.1 Å². The van der Waals surface area contributed by atoms with Crippen molar-refractivity contribution in [3.05, 3.63) is 63.0 Å². The Morgan fingerprint density at radius 3 is 2.26 bits per heavy atom. The van der Waals surface area contributed by atoms with Crippen LogP contribution < -0.4 is 25.5 Å². The number of carboxylic acids is 2. The first-order valence-electron chi connectivity index (χ1n) is 16.2. The summed E-state index contributed by atoms with van der Waals surface area (Å²) in [4.78, 5) is 70.9. The number of anilines is 1. The molecule has 1 aromatic carbocycles. The number of aliphatic imine (C=N–C) groups is 1. The molecule has 50 heavy (non-hydrogen) atoms. The first-order valence-corrected chi connectivity index (χ1v) is 16.2. The predicted molar refractivity (Wildman–Crippen MR) is 179 cm³/mol. The Morgan fingerprint density at radius 2 is 1.66 bits per heavy atom. The van der Waals surface area contributed by atoms with Gasteiger partial charge in [-0.05, 0) is 105 Å². The summed E-state index contributed by atoms with van der Waals surface area (Å²) in [7, 11) is 0. The molecule has 2 amide bonds. The number of nitrogens with one attached hydrogen (secondary N) is 2. The maximum atomic E-state index is 13.8. The third-order valence-electron chi connectivity index (χ3n) is 8.97. The van der Waals surface area contributed by atoms with Gasteiger partial charge < -0.3 is 40.1 Å². The largest absolute Gasteiger partial charge is 0.545 e. The number of esters is 1. The van der Waals surface area contributed by atoms with E-state index in [1.54, 1.807) is 13.0 Å². The molecule has 2 unspecified atom stereocenters. The molecule has 1 aromatic heterocycles. The third-order valence-corrected chi connectivity index (χ3v) is 8.97. The van der Waals surface area contributed by atoms with Crippen molar-refractivity contribution in [1.29, 1.82) is 0 Å². The van der Waals surface area contributed by atoms with Crippen LogP contribution in [0.25, 0.3) is 6.08 Å². The number of aromatic nitrogens is 1. The number of benzene rings is 1. The van der Waals surface area contributed by atoms with Crippen molar-refractivity contribution in [2.75, 3.05) is 11.9 Å². The Morgan fingerprint density at radius 1 is 1.02 bits per heavy atom. The van der Waals surface area contributed by atoms with E-state index in [0.717, 1.165) is 24.0 Å². The fraction of sp³-hybridized carbons (Fsp3) is 0.444. The van der Waals surface area contributed by atoms with Crippen LogP contribution >= 0.6 is 0 Å². The number of hydrogen-bond donors (Lipinski definition) is 3. The minimum atomic E-state index is -1.60. The second-order valence-corrected chi connectivity index (χ2v) is 12.9. The van der Waals surface area contributed by atoms with E-state index < -0.39 is 29.4 Å². The van der Waals surface area contributed by atoms with Gasteiger partial charge in [-0.3, -0.25) is 9.59 Å². The van der Waals surface area contributed by atoms with Gasteiger partial charge in [-0.25, -0.2) is 14.6 Å². The van der Waals surface area contributed by atoms with Gasteiger partial charge in [0.2, 0.25) is 5.91 Å². The van der Waals surface area contributed by atoms with Gasteiger partial charge >= 0.3 is 11.9 Å². The van der Waals surface area contributed by atoms with Gasteiger partial charge in [0.05, 0.1) is 18.3 Å². The van der Waals surface area contributed by atoms with E-state index >= 15 is 0 Å². The van der Waals surface area contributed by atoms with Crippen molar-refractivity contribution in [2.45, 2.75) is 80.3 Å². The van der Waals surface area contributed by atoms with Gasteiger partial charge in [0.15, 0.2) is 0 Å². The molecule has 13 nitrogen and oxygen atoms in total. The first-order chi connectivity index (χ1) is 23.1. The molecule has 2 aliphatic rings. The Balaban J connectivity index is 0.00000676. The predicted octanol–water partition coefficient (Wildman–Crippen LogP) is 3.94. The number of nitrogens with zero attached hydrogens (tertiary/aromatic N) is 2. The zero-order valence-corrected chi connectivity index (χ0v) is 32.4. The normalized spacial score (nSPS) is 20.9. The molecule has 0 bridgehead atoms. The average molecular weight is 740 g/mol. The van der Waals surface area contributed by atoms with Crippen LogP contribution in [-0.4, -0.2) is 53.4 Å². The van der Waals surface area contributed by atoms with E-state index in [1.165, 1.54) is 25.1 Å². The summed E-state index contributed by atoms with van der Waals surface area (Å²) in [5.74, 6) is -3.47. The molecule has 1 saturated carbocycles. The molecule has 14 heteroatoms. The topological polar surface area (TPSA) is 198 Å². The van der Waals surface area contributed by atoms with Crippen molar-refractivity contribution in [3.63, 3.8) is 0 Å². The maximum absolute atomic E-state index is 13.8. The molecule has 2 heterocycles. The van der Waals surface area contributed by atoms with E-state index in [2.05, 4.69) is 41.4 Å². The van der Waals surface area contributed by atoms with E-state index in [-0.39, 0.29) is 85.5 Å². The quantitative estimate of drug-likeness (QED) is 0.172. The number of amidine groups is 1. The molecule has 2 atom stereocenters. The SMILES string of the molecule is CC(=O)Nc1[n-]c(/C=C2\N=C(NC(=O)CCCOc3c(C(=O)[O-])cccc3C(=O)O)C(C(=O)OC3C(C)CC(C)CC3C)=C2C)c(C)c1C.[Zn]. The molecule has 1 aliphatic carbocycles. The molecular weight excluding hydrogens is 698 g/mol. The van der Waals surface area contributed by atoms with Gasteiger partial charge in [-0.1, -0.05) is 32.7 Å². The summed E-state index contributed by atoms with van der Waals surface area (Å²) in [5.41, 5.74) is 2.36. The minimum Gasteiger partial charge on any atom is -0.545 e. The molecule has 0 radical (unpaired) electrons. The van der Waals surface area contributed by atoms with Gasteiger partial charge in [0.1, 0.15) is 34.7 Å². The molecule has 264 valence electrons. The van der Waals surface area contributed by atoms with Crippen LogP contribution in [0.15, 0.2) is 40.0 Å². The molecule has 2 aromatic rings. The fourth-order valence-electron chi connectivity index (χ4n) is 6.50. The second kappa shape index (κ2) is 16.9. The summed E-state index contributed by atoms with van der Waals surface area (Å²) in [6.45, 7) is 12.9. The van der Waals surface area contributed by atoms with Crippen LogP contribution in [-0.2, 0) is 38.6 Å². The summed E-state index contributed by atoms with van der Waals surface area (Å²) < 4.78 is 11.6. The summed E-state index contributed by atoms with van der Waals surface area (Å²) >= 11 is 0. The second-order valence-electron chi connectivity index (χ2n) is 12.9. The summed E-state index contributed by atoms with van der Waals surface area (Å²) in [5, 5.41) is 26.4. The van der Waals surface area contributed by atoms with Crippen LogP contribution in [0, 0.1) is 31.6 Å². The van der Waals surface area contributed by atoms with Gasteiger partial charge in [0, 0.05) is 31.5 Å². The number of hydrogen-bond acceptors (Lipinski definition) is 9. The zero-order chi connectivity index (χ0) is 36.2. The average Bonchev–Trinajstić information content (AvgIpc) is 3.45. The molecule has 0 spiro atoms. The van der Waals surface area contributed by atoms with Crippen LogP contribution in [0.1, 0.15) is 97.8 Å². The Labute approximate surface area is 303 Å². The number of allylic oxidation sites excluding steroid dienone is 1. The van der Waals surface area contributed by atoms with E-state index in [0.29, 0.717) is 28.7 Å². The van der Waals surface area contributed by atoms with Crippen LogP contribution in [0.5, 0.6) is 5.75 Å². The number of rotatable bonds is 11. The van der Waals surface area contributed by atoms with Crippen molar-refractivity contribution in [1.82, 2.24) is 10.3 Å². The van der Waals surface area contributed by atoms with Gasteiger partial charge in [-0.2, -0.15) is 0 Å². The maximum Gasteiger partial charge on any atom is 0.342 e. The molecule has 1 fully saturated rings. The van der Waals surface area contributed by atoms with Gasteiger partial charge in [-0.15, -0.1) is 0 Å². The Bertz CT molecular complexity index is 1730. The van der Waals surface area contributed by atoms with E-state index in [9.17, 15) is 34.2 Å². The number of carbonyl (C=O) groups is 5. The third kappa shape index (κ3) is 9.15. The standard InChI is InChI=1S/C36H44N4O9.Zn/c1-17-14-18(2)30(19(3)15-17)49-36(47)29-22(6)27(16-26-20(4)21(5)32(38-26)37-23(7)41)39-33(29)40-28(42)12-9-13-48-31-24(34(43)44)10-8-11-25(31)35(45)46;/h8,10-11,16-19,30H,9,12-15H2,1-7H3,(H5,37,38,39,40,41,42,43,44,45,46,47);/p-2. The van der Waals surface area contributed by atoms with Crippen molar-refractivity contribution in [3.8, 4) is 5.75 Å². The minimum absolute atomic E-state index is 0. The number of ether oxygens (including phenoxy) is 2. The smallest absolute Gasteiger partial charge is 0.342 e. The zero-order valence-electron chi connectivity index (χ0n) is 29.5. The monoisotopic (exact) mass is 738 g/mol. The van der Waals surface area contributed by atoms with E-state index in [1.807, 2.05) is 13.8 Å². The van der Waals surface area contributed by atoms with Crippen molar-refractivity contribution in [2.24, 2.45) is 22.7 Å². The number of carboxylic acid groups (broad SMARTS) is 2. The fourth-order valence-corrected chi connectivity index (χ4v) is 6.50. The van der Waals surface area contributed by atoms with Crippen LogP contribution in [0.3, 0.4) is 0 Å². The van der Waals surface area contributed by atoms with Crippen LogP contribution in [0.4, 0.5) is 5.82 Å². The van der Waals surface area contributed by atoms with Crippen LogP contribution in [0.2, 0.25) is 0 Å². The van der Waals surface area contributed by atoms with Crippen molar-refractivity contribution >= 4 is 47.5 Å². The number of amides is 2. The first kappa shape index (κ1) is 39.9. The van der Waals surface area contributed by atoms with Gasteiger partial charge in [0.25, 0.3) is 0 Å². The molecule has 1 aliphatic heterocycles. The molecule has 0 saturated heterocycles. The molecule has 3 N–H and O–H groups in total. The molecular formula is C36H42N4O9Zn-2. The summed E-state index contributed by atoms with van der Waals surface area (Å²) in [6, 6.07) is 3.65. The Hall–Kier alpha value is -4.58. The summed E-state index contributed by atoms with van der Waals surface area (Å²) in [6.07, 6.45) is 3.18. The number of carbonyl (C=O) groups excluding carboxylic acids is 4.